The summed E-state index contributed by atoms with van der Waals surface area (Å²) in [6, 6.07) is 7.44. The Kier molecular flexibility index (Phi) is 4.20. The van der Waals surface area contributed by atoms with Crippen molar-refractivity contribution < 1.29 is 4.74 Å². The lowest BCUT2D eigenvalue weighted by Crippen LogP contribution is -2.29. The first-order valence-electron chi connectivity index (χ1n) is 4.74. The van der Waals surface area contributed by atoms with Gasteiger partial charge in [0, 0.05) is 4.47 Å². The summed E-state index contributed by atoms with van der Waals surface area (Å²) in [5.41, 5.74) is 6.29. The molecule has 1 aliphatic carbocycles. The number of halogens is 2. The number of hydrogen-bond acceptors (Lipinski definition) is 3. The third kappa shape index (κ3) is 3.11. The summed E-state index contributed by atoms with van der Waals surface area (Å²) in [4.78, 5) is 0. The predicted molar refractivity (Wildman–Crippen MR) is 67.8 cm³/mol. The minimum Gasteiger partial charge on any atom is -0.490 e. The van der Waals surface area contributed by atoms with E-state index >= 15 is 0 Å². The molecule has 0 atom stereocenters. The predicted octanol–water partition coefficient (Wildman–Crippen LogP) is 2.61. The lowest BCUT2D eigenvalue weighted by atomic mass is 10.2. The molecule has 1 saturated carbocycles. The fourth-order valence-electron chi connectivity index (χ4n) is 1.23. The normalized spacial score (nSPS) is 15.8. The highest BCUT2D eigenvalue weighted by Gasteiger charge is 2.39. The second kappa shape index (κ2) is 5.05. The van der Waals surface area contributed by atoms with Gasteiger partial charge in [0.25, 0.3) is 0 Å². The van der Waals surface area contributed by atoms with Crippen LogP contribution in [-0.4, -0.2) is 12.1 Å². The highest BCUT2D eigenvalue weighted by Crippen LogP contribution is 2.33. The van der Waals surface area contributed by atoms with Gasteiger partial charge in [0.2, 0.25) is 0 Å². The van der Waals surface area contributed by atoms with Gasteiger partial charge in [-0.3, -0.25) is 0 Å². The molecule has 0 heterocycles. The van der Waals surface area contributed by atoms with E-state index < -0.39 is 0 Å². The average molecular weight is 304 g/mol. The minimum absolute atomic E-state index is 0. The van der Waals surface area contributed by atoms with Crippen LogP contribution >= 0.6 is 28.3 Å². The molecule has 0 radical (unpaired) electrons. The van der Waals surface area contributed by atoms with Gasteiger partial charge < -0.3 is 10.5 Å². The molecule has 86 valence electrons. The van der Waals surface area contributed by atoms with Crippen molar-refractivity contribution in [1.29, 1.82) is 5.26 Å². The largest absolute Gasteiger partial charge is 0.490 e. The Hall–Kier alpha value is -0.760. The number of hydrogen-bond donors (Lipinski definition) is 1. The molecule has 0 amide bonds. The van der Waals surface area contributed by atoms with Crippen LogP contribution in [0, 0.1) is 11.3 Å². The zero-order valence-corrected chi connectivity index (χ0v) is 11.0. The molecule has 1 aromatic rings. The van der Waals surface area contributed by atoms with Gasteiger partial charge in [0.05, 0.1) is 11.1 Å². The summed E-state index contributed by atoms with van der Waals surface area (Å²) in [6.45, 7) is 0.484. The van der Waals surface area contributed by atoms with Crippen LogP contribution in [0.1, 0.15) is 18.4 Å². The topological polar surface area (TPSA) is 59.0 Å². The van der Waals surface area contributed by atoms with Crippen LogP contribution in [0.5, 0.6) is 5.75 Å². The van der Waals surface area contributed by atoms with E-state index in [1.165, 1.54) is 0 Å². The lowest BCUT2D eigenvalue weighted by molar-refractivity contribution is 0.278. The van der Waals surface area contributed by atoms with Crippen LogP contribution in [0.4, 0.5) is 0 Å². The van der Waals surface area contributed by atoms with Crippen LogP contribution in [0.25, 0.3) is 0 Å². The van der Waals surface area contributed by atoms with E-state index in [-0.39, 0.29) is 17.9 Å². The molecule has 1 aromatic carbocycles. The molecule has 0 aliphatic heterocycles. The molecular formula is C11H12BrClN2O. The fourth-order valence-corrected chi connectivity index (χ4v) is 1.57. The molecule has 1 aliphatic rings. The Labute approximate surface area is 109 Å². The minimum atomic E-state index is -0.158. The maximum absolute atomic E-state index is 8.88. The standard InChI is InChI=1S/C11H11BrN2O.ClH/c12-9-2-1-8(6-13)10(5-9)15-7-11(14)3-4-11;/h1-2,5H,3-4,7,14H2;1H. The van der Waals surface area contributed by atoms with Gasteiger partial charge in [-0.05, 0) is 31.0 Å². The molecule has 0 unspecified atom stereocenters. The van der Waals surface area contributed by atoms with Gasteiger partial charge in [0.15, 0.2) is 0 Å². The van der Waals surface area contributed by atoms with E-state index in [1.807, 2.05) is 6.07 Å². The van der Waals surface area contributed by atoms with Crippen molar-refractivity contribution in [3.63, 3.8) is 0 Å². The Morgan fingerprint density at radius 3 is 2.75 bits per heavy atom. The van der Waals surface area contributed by atoms with Crippen LogP contribution in [0.3, 0.4) is 0 Å². The second-order valence-electron chi connectivity index (χ2n) is 3.90. The van der Waals surface area contributed by atoms with Crippen molar-refractivity contribution in [3.8, 4) is 11.8 Å². The summed E-state index contributed by atoms with van der Waals surface area (Å²) in [6.07, 6.45) is 2.01. The van der Waals surface area contributed by atoms with Crippen molar-refractivity contribution in [3.05, 3.63) is 28.2 Å². The summed E-state index contributed by atoms with van der Waals surface area (Å²) in [5.74, 6) is 0.601. The van der Waals surface area contributed by atoms with Gasteiger partial charge in [-0.1, -0.05) is 15.9 Å². The van der Waals surface area contributed by atoms with Crippen molar-refractivity contribution in [2.75, 3.05) is 6.61 Å². The molecule has 0 spiro atoms. The third-order valence-electron chi connectivity index (χ3n) is 2.47. The van der Waals surface area contributed by atoms with Crippen molar-refractivity contribution in [2.24, 2.45) is 5.73 Å². The van der Waals surface area contributed by atoms with Crippen LogP contribution < -0.4 is 10.5 Å². The number of nitrogens with zero attached hydrogens (tertiary/aromatic N) is 1. The summed E-state index contributed by atoms with van der Waals surface area (Å²) in [7, 11) is 0. The average Bonchev–Trinajstić information content (AvgIpc) is 2.95. The molecule has 3 nitrogen and oxygen atoms in total. The highest BCUT2D eigenvalue weighted by atomic mass is 79.9. The molecule has 2 rings (SSSR count). The maximum Gasteiger partial charge on any atom is 0.138 e. The first kappa shape index (κ1) is 13.3. The number of nitriles is 1. The van der Waals surface area contributed by atoms with E-state index in [9.17, 15) is 0 Å². The SMILES string of the molecule is Cl.N#Cc1ccc(Br)cc1OCC1(N)CC1. The van der Waals surface area contributed by atoms with Crippen LogP contribution in [0.2, 0.25) is 0 Å². The molecule has 1 fully saturated rings. The van der Waals surface area contributed by atoms with E-state index in [1.54, 1.807) is 12.1 Å². The van der Waals surface area contributed by atoms with Gasteiger partial charge in [-0.15, -0.1) is 12.4 Å². The smallest absolute Gasteiger partial charge is 0.138 e. The number of benzene rings is 1. The molecule has 5 heteroatoms. The number of nitrogens with two attached hydrogens (primary N) is 1. The van der Waals surface area contributed by atoms with Gasteiger partial charge >= 0.3 is 0 Å². The zero-order chi connectivity index (χ0) is 10.9. The van der Waals surface area contributed by atoms with E-state index in [2.05, 4.69) is 22.0 Å². The van der Waals surface area contributed by atoms with Crippen molar-refractivity contribution >= 4 is 28.3 Å². The number of ether oxygens (including phenoxy) is 1. The Bertz CT molecular complexity index is 426. The summed E-state index contributed by atoms with van der Waals surface area (Å²) in [5, 5.41) is 8.88. The highest BCUT2D eigenvalue weighted by molar-refractivity contribution is 9.10. The van der Waals surface area contributed by atoms with Gasteiger partial charge in [0.1, 0.15) is 18.4 Å². The van der Waals surface area contributed by atoms with Crippen LogP contribution in [0.15, 0.2) is 22.7 Å². The molecule has 2 N–H and O–H groups in total. The third-order valence-corrected chi connectivity index (χ3v) is 2.96. The fraction of sp³-hybridized carbons (Fsp3) is 0.364. The Morgan fingerprint density at radius 2 is 2.19 bits per heavy atom. The van der Waals surface area contributed by atoms with Crippen molar-refractivity contribution in [2.45, 2.75) is 18.4 Å². The summed E-state index contributed by atoms with van der Waals surface area (Å²) >= 11 is 3.34. The zero-order valence-electron chi connectivity index (χ0n) is 8.57. The van der Waals surface area contributed by atoms with E-state index in [0.717, 1.165) is 17.3 Å². The van der Waals surface area contributed by atoms with E-state index in [0.29, 0.717) is 17.9 Å². The van der Waals surface area contributed by atoms with E-state index in [4.69, 9.17) is 15.7 Å². The first-order chi connectivity index (χ1) is 7.13. The molecule has 0 aromatic heterocycles. The lowest BCUT2D eigenvalue weighted by Gasteiger charge is -2.12. The molecule has 16 heavy (non-hydrogen) atoms. The maximum atomic E-state index is 8.88. The van der Waals surface area contributed by atoms with Crippen LogP contribution in [-0.2, 0) is 0 Å². The first-order valence-corrected chi connectivity index (χ1v) is 5.54. The Morgan fingerprint density at radius 1 is 1.50 bits per heavy atom. The molecule has 0 saturated heterocycles. The monoisotopic (exact) mass is 302 g/mol. The van der Waals surface area contributed by atoms with Gasteiger partial charge in [-0.2, -0.15) is 5.26 Å². The van der Waals surface area contributed by atoms with Crippen molar-refractivity contribution in [1.82, 2.24) is 0 Å². The second-order valence-corrected chi connectivity index (χ2v) is 4.82. The number of rotatable bonds is 3. The van der Waals surface area contributed by atoms with Gasteiger partial charge in [-0.25, -0.2) is 0 Å². The quantitative estimate of drug-likeness (QED) is 0.934. The molecule has 0 bridgehead atoms. The summed E-state index contributed by atoms with van der Waals surface area (Å²) < 4.78 is 6.46. The molecular weight excluding hydrogens is 291 g/mol. The Balaban J connectivity index is 0.00000128.